The number of nitrogens with two attached hydrogens (primary N) is 2. The number of aromatic nitrogens is 1. The van der Waals surface area contributed by atoms with Crippen molar-refractivity contribution in [1.82, 2.24) is 4.98 Å². The van der Waals surface area contributed by atoms with Gasteiger partial charge in [-0.25, -0.2) is 18.5 Å². The standard InChI is InChI=1S/C14H24N4O2S/c1-2-18(13-6-4-3-5-11(13)9-15)14-8-7-12(10-17-14)21(16,19)20/h7-8,10-11,13H,2-6,9,15H2,1H3,(H2,16,19,20). The lowest BCUT2D eigenvalue weighted by Crippen LogP contribution is -2.45. The van der Waals surface area contributed by atoms with Crippen molar-refractivity contribution in [3.05, 3.63) is 18.3 Å². The first kappa shape index (κ1) is 16.2. The Morgan fingerprint density at radius 2 is 2.05 bits per heavy atom. The molecule has 0 radical (unpaired) electrons. The number of rotatable bonds is 5. The van der Waals surface area contributed by atoms with Crippen LogP contribution in [0.1, 0.15) is 32.6 Å². The summed E-state index contributed by atoms with van der Waals surface area (Å²) in [6, 6.07) is 3.62. The molecule has 1 aliphatic carbocycles. The smallest absolute Gasteiger partial charge is 0.239 e. The van der Waals surface area contributed by atoms with Crippen LogP contribution in [0.15, 0.2) is 23.2 Å². The van der Waals surface area contributed by atoms with Crippen LogP contribution in [0, 0.1) is 5.92 Å². The minimum Gasteiger partial charge on any atom is -0.354 e. The number of nitrogens with zero attached hydrogens (tertiary/aromatic N) is 2. The van der Waals surface area contributed by atoms with Gasteiger partial charge < -0.3 is 10.6 Å². The van der Waals surface area contributed by atoms with Gasteiger partial charge in [0.05, 0.1) is 0 Å². The molecule has 21 heavy (non-hydrogen) atoms. The SMILES string of the molecule is CCN(c1ccc(S(N)(=O)=O)cn1)C1CCCCC1CN. The van der Waals surface area contributed by atoms with Crippen LogP contribution in [-0.2, 0) is 10.0 Å². The zero-order valence-electron chi connectivity index (χ0n) is 12.4. The van der Waals surface area contributed by atoms with Crippen LogP contribution in [-0.4, -0.2) is 32.5 Å². The van der Waals surface area contributed by atoms with Crippen LogP contribution in [0.2, 0.25) is 0 Å². The van der Waals surface area contributed by atoms with Crippen molar-refractivity contribution in [3.8, 4) is 0 Å². The predicted molar refractivity (Wildman–Crippen MR) is 83.4 cm³/mol. The predicted octanol–water partition coefficient (Wildman–Crippen LogP) is 1.07. The van der Waals surface area contributed by atoms with Crippen molar-refractivity contribution in [2.75, 3.05) is 18.0 Å². The molecular formula is C14H24N4O2S. The number of pyridine rings is 1. The summed E-state index contributed by atoms with van der Waals surface area (Å²) < 4.78 is 22.6. The van der Waals surface area contributed by atoms with E-state index in [-0.39, 0.29) is 4.90 Å². The molecule has 0 aromatic carbocycles. The number of primary sulfonamides is 1. The van der Waals surface area contributed by atoms with Gasteiger partial charge in [0.25, 0.3) is 0 Å². The quantitative estimate of drug-likeness (QED) is 0.846. The first-order valence-corrected chi connectivity index (χ1v) is 8.97. The fraction of sp³-hybridized carbons (Fsp3) is 0.643. The zero-order valence-corrected chi connectivity index (χ0v) is 13.2. The normalized spacial score (nSPS) is 23.0. The largest absolute Gasteiger partial charge is 0.354 e. The maximum absolute atomic E-state index is 11.3. The topological polar surface area (TPSA) is 102 Å². The fourth-order valence-corrected chi connectivity index (χ4v) is 3.61. The second kappa shape index (κ2) is 6.72. The van der Waals surface area contributed by atoms with Gasteiger partial charge in [-0.3, -0.25) is 0 Å². The molecule has 1 heterocycles. The van der Waals surface area contributed by atoms with Crippen LogP contribution in [0.5, 0.6) is 0 Å². The second-order valence-electron chi connectivity index (χ2n) is 5.53. The molecule has 1 fully saturated rings. The Bertz CT molecular complexity index is 559. The molecule has 118 valence electrons. The Hall–Kier alpha value is -1.18. The van der Waals surface area contributed by atoms with Crippen molar-refractivity contribution >= 4 is 15.8 Å². The Morgan fingerprint density at radius 3 is 2.57 bits per heavy atom. The molecule has 6 nitrogen and oxygen atoms in total. The van der Waals surface area contributed by atoms with Gasteiger partial charge in [-0.15, -0.1) is 0 Å². The van der Waals surface area contributed by atoms with Gasteiger partial charge in [-0.05, 0) is 44.4 Å². The molecule has 1 aliphatic rings. The highest BCUT2D eigenvalue weighted by Crippen LogP contribution is 2.30. The molecule has 0 spiro atoms. The number of hydrogen-bond acceptors (Lipinski definition) is 5. The van der Waals surface area contributed by atoms with Gasteiger partial charge in [0, 0.05) is 18.8 Å². The Morgan fingerprint density at radius 1 is 1.33 bits per heavy atom. The van der Waals surface area contributed by atoms with E-state index >= 15 is 0 Å². The van der Waals surface area contributed by atoms with E-state index in [1.807, 2.05) is 0 Å². The second-order valence-corrected chi connectivity index (χ2v) is 7.09. The summed E-state index contributed by atoms with van der Waals surface area (Å²) in [6.07, 6.45) is 6.01. The summed E-state index contributed by atoms with van der Waals surface area (Å²) in [7, 11) is -3.69. The molecule has 2 rings (SSSR count). The summed E-state index contributed by atoms with van der Waals surface area (Å²) >= 11 is 0. The van der Waals surface area contributed by atoms with Crippen LogP contribution >= 0.6 is 0 Å². The lowest BCUT2D eigenvalue weighted by Gasteiger charge is -2.40. The molecule has 2 atom stereocenters. The maximum Gasteiger partial charge on any atom is 0.239 e. The monoisotopic (exact) mass is 312 g/mol. The Balaban J connectivity index is 2.24. The van der Waals surface area contributed by atoms with Gasteiger partial charge in [-0.2, -0.15) is 0 Å². The summed E-state index contributed by atoms with van der Waals surface area (Å²) in [5.41, 5.74) is 5.90. The van der Waals surface area contributed by atoms with Crippen molar-refractivity contribution < 1.29 is 8.42 Å². The molecular weight excluding hydrogens is 288 g/mol. The number of hydrogen-bond donors (Lipinski definition) is 2. The van der Waals surface area contributed by atoms with E-state index in [0.29, 0.717) is 18.5 Å². The summed E-state index contributed by atoms with van der Waals surface area (Å²) in [6.45, 7) is 3.58. The van der Waals surface area contributed by atoms with E-state index in [9.17, 15) is 8.42 Å². The Labute approximate surface area is 126 Å². The number of anilines is 1. The van der Waals surface area contributed by atoms with E-state index in [1.165, 1.54) is 25.1 Å². The molecule has 0 saturated heterocycles. The minimum absolute atomic E-state index is 0.0429. The molecule has 0 amide bonds. The molecule has 4 N–H and O–H groups in total. The number of sulfonamides is 1. The molecule has 0 bridgehead atoms. The van der Waals surface area contributed by atoms with E-state index in [4.69, 9.17) is 10.9 Å². The highest BCUT2D eigenvalue weighted by atomic mass is 32.2. The van der Waals surface area contributed by atoms with Gasteiger partial charge >= 0.3 is 0 Å². The lowest BCUT2D eigenvalue weighted by molar-refractivity contribution is 0.299. The molecule has 0 aliphatic heterocycles. The minimum atomic E-state index is -3.69. The maximum atomic E-state index is 11.3. The molecule has 2 unspecified atom stereocenters. The van der Waals surface area contributed by atoms with Gasteiger partial charge in [0.1, 0.15) is 10.7 Å². The first-order valence-electron chi connectivity index (χ1n) is 7.43. The summed E-state index contributed by atoms with van der Waals surface area (Å²) in [5.74, 6) is 1.26. The van der Waals surface area contributed by atoms with Gasteiger partial charge in [-0.1, -0.05) is 12.8 Å². The highest BCUT2D eigenvalue weighted by Gasteiger charge is 2.29. The lowest BCUT2D eigenvalue weighted by atomic mass is 9.83. The van der Waals surface area contributed by atoms with Gasteiger partial charge in [0.2, 0.25) is 10.0 Å². The van der Waals surface area contributed by atoms with E-state index in [0.717, 1.165) is 25.2 Å². The van der Waals surface area contributed by atoms with E-state index < -0.39 is 10.0 Å². The summed E-state index contributed by atoms with van der Waals surface area (Å²) in [5, 5.41) is 5.10. The average molecular weight is 312 g/mol. The van der Waals surface area contributed by atoms with Crippen molar-refractivity contribution in [2.45, 2.75) is 43.5 Å². The van der Waals surface area contributed by atoms with Crippen molar-refractivity contribution in [1.29, 1.82) is 0 Å². The zero-order chi connectivity index (χ0) is 15.5. The average Bonchev–Trinajstić information content (AvgIpc) is 2.48. The van der Waals surface area contributed by atoms with Crippen LogP contribution in [0.25, 0.3) is 0 Å². The Kier molecular flexibility index (Phi) is 5.18. The van der Waals surface area contributed by atoms with Crippen LogP contribution in [0.4, 0.5) is 5.82 Å². The third-order valence-electron chi connectivity index (χ3n) is 4.26. The third kappa shape index (κ3) is 3.72. The van der Waals surface area contributed by atoms with E-state index in [1.54, 1.807) is 6.07 Å². The molecule has 7 heteroatoms. The third-order valence-corrected chi connectivity index (χ3v) is 5.15. The van der Waals surface area contributed by atoms with Gasteiger partial charge in [0.15, 0.2) is 0 Å². The highest BCUT2D eigenvalue weighted by molar-refractivity contribution is 7.89. The van der Waals surface area contributed by atoms with E-state index in [2.05, 4.69) is 16.8 Å². The molecule has 1 aromatic rings. The van der Waals surface area contributed by atoms with Crippen molar-refractivity contribution in [3.63, 3.8) is 0 Å². The van der Waals surface area contributed by atoms with Crippen LogP contribution in [0.3, 0.4) is 0 Å². The molecule has 1 saturated carbocycles. The first-order chi connectivity index (χ1) is 9.97. The van der Waals surface area contributed by atoms with Crippen molar-refractivity contribution in [2.24, 2.45) is 16.8 Å². The molecule has 1 aromatic heterocycles. The summed E-state index contributed by atoms with van der Waals surface area (Å²) in [4.78, 5) is 6.55. The van der Waals surface area contributed by atoms with Crippen LogP contribution < -0.4 is 15.8 Å². The fourth-order valence-electron chi connectivity index (χ4n) is 3.15.